The third-order valence-electron chi connectivity index (χ3n) is 4.34. The highest BCUT2D eigenvalue weighted by Gasteiger charge is 2.41. The Bertz CT molecular complexity index is 919. The summed E-state index contributed by atoms with van der Waals surface area (Å²) in [5.41, 5.74) is 2.36. The Balaban J connectivity index is 1.60. The van der Waals surface area contributed by atoms with E-state index in [1.54, 1.807) is 22.7 Å². The average Bonchev–Trinajstić information content (AvgIpc) is 3.34. The predicted molar refractivity (Wildman–Crippen MR) is 102 cm³/mol. The second kappa shape index (κ2) is 5.72. The standard InChI is InChI=1S/C18H13BrN2OS2/c19-17-8-7-15(24-17)12-10-13-11-4-1-2-5-14(11)22-18(21(13)20-12)16-6-3-9-23-16/h1-9,13,18H,10H2. The average molecular weight is 417 g/mol. The first-order chi connectivity index (χ1) is 11.8. The van der Waals surface area contributed by atoms with Crippen LogP contribution in [-0.2, 0) is 0 Å². The lowest BCUT2D eigenvalue weighted by molar-refractivity contribution is -0.0165. The van der Waals surface area contributed by atoms with Crippen molar-refractivity contribution in [3.63, 3.8) is 0 Å². The van der Waals surface area contributed by atoms with E-state index in [1.807, 2.05) is 6.07 Å². The molecule has 24 heavy (non-hydrogen) atoms. The van der Waals surface area contributed by atoms with Crippen LogP contribution in [0.15, 0.2) is 62.8 Å². The molecule has 1 aromatic carbocycles. The van der Waals surface area contributed by atoms with Gasteiger partial charge in [0, 0.05) is 12.0 Å². The van der Waals surface area contributed by atoms with Gasteiger partial charge in [0.2, 0.25) is 6.23 Å². The SMILES string of the molecule is Brc1ccc(C2=NN3C(C2)c2ccccc2OC3c2cccs2)s1. The van der Waals surface area contributed by atoms with Gasteiger partial charge in [-0.25, -0.2) is 5.01 Å². The summed E-state index contributed by atoms with van der Waals surface area (Å²) in [6.07, 6.45) is 0.765. The van der Waals surface area contributed by atoms with Gasteiger partial charge < -0.3 is 4.74 Å². The maximum Gasteiger partial charge on any atom is 0.222 e. The van der Waals surface area contributed by atoms with Crippen molar-refractivity contribution in [1.29, 1.82) is 0 Å². The molecule has 0 N–H and O–H groups in total. The molecule has 2 unspecified atom stereocenters. The smallest absolute Gasteiger partial charge is 0.222 e. The van der Waals surface area contributed by atoms with Gasteiger partial charge in [0.05, 0.1) is 25.3 Å². The molecule has 0 saturated heterocycles. The number of halogens is 1. The third kappa shape index (κ3) is 2.32. The van der Waals surface area contributed by atoms with Crippen LogP contribution < -0.4 is 4.74 Å². The van der Waals surface area contributed by atoms with Crippen LogP contribution in [-0.4, -0.2) is 10.7 Å². The Labute approximate surface area is 156 Å². The zero-order valence-corrected chi connectivity index (χ0v) is 15.8. The predicted octanol–water partition coefficient (Wildman–Crippen LogP) is 5.81. The normalized spacial score (nSPS) is 21.9. The molecule has 120 valence electrons. The van der Waals surface area contributed by atoms with E-state index in [2.05, 4.69) is 68.8 Å². The van der Waals surface area contributed by atoms with E-state index in [-0.39, 0.29) is 12.3 Å². The van der Waals surface area contributed by atoms with E-state index in [1.165, 1.54) is 15.3 Å². The number of thiophene rings is 2. The molecule has 3 aromatic rings. The molecule has 5 rings (SSSR count). The van der Waals surface area contributed by atoms with Crippen molar-refractivity contribution in [1.82, 2.24) is 5.01 Å². The molecule has 0 amide bonds. The highest BCUT2D eigenvalue weighted by molar-refractivity contribution is 9.11. The molecule has 0 bridgehead atoms. The van der Waals surface area contributed by atoms with Gasteiger partial charge in [-0.15, -0.1) is 22.7 Å². The van der Waals surface area contributed by atoms with Gasteiger partial charge in [0.1, 0.15) is 5.75 Å². The third-order valence-corrected chi connectivity index (χ3v) is 6.92. The summed E-state index contributed by atoms with van der Waals surface area (Å²) in [5.74, 6) is 0.973. The minimum Gasteiger partial charge on any atom is -0.464 e. The van der Waals surface area contributed by atoms with E-state index in [0.717, 1.165) is 21.7 Å². The van der Waals surface area contributed by atoms with Crippen LogP contribution in [0.2, 0.25) is 0 Å². The summed E-state index contributed by atoms with van der Waals surface area (Å²) in [6, 6.07) is 17.0. The minimum absolute atomic E-state index is 0.147. The monoisotopic (exact) mass is 416 g/mol. The lowest BCUT2D eigenvalue weighted by Gasteiger charge is -2.37. The van der Waals surface area contributed by atoms with E-state index >= 15 is 0 Å². The highest BCUT2D eigenvalue weighted by atomic mass is 79.9. The number of benzene rings is 1. The van der Waals surface area contributed by atoms with Crippen molar-refractivity contribution < 1.29 is 4.74 Å². The first-order valence-corrected chi connectivity index (χ1v) is 10.2. The van der Waals surface area contributed by atoms with Gasteiger partial charge in [0.15, 0.2) is 0 Å². The van der Waals surface area contributed by atoms with E-state index in [9.17, 15) is 0 Å². The summed E-state index contributed by atoms with van der Waals surface area (Å²) >= 11 is 7.00. The zero-order valence-electron chi connectivity index (χ0n) is 12.6. The van der Waals surface area contributed by atoms with Crippen LogP contribution in [0.4, 0.5) is 0 Å². The van der Waals surface area contributed by atoms with Crippen molar-refractivity contribution >= 4 is 44.3 Å². The van der Waals surface area contributed by atoms with Gasteiger partial charge in [-0.3, -0.25) is 0 Å². The van der Waals surface area contributed by atoms with E-state index in [0.29, 0.717) is 0 Å². The summed E-state index contributed by atoms with van der Waals surface area (Å²) < 4.78 is 7.44. The molecule has 4 heterocycles. The van der Waals surface area contributed by atoms with Crippen LogP contribution in [0.1, 0.15) is 34.0 Å². The van der Waals surface area contributed by atoms with Crippen molar-refractivity contribution in [3.8, 4) is 5.75 Å². The number of hydrogen-bond donors (Lipinski definition) is 0. The Hall–Kier alpha value is -1.63. The molecule has 2 atom stereocenters. The molecule has 0 spiro atoms. The Morgan fingerprint density at radius 3 is 2.83 bits per heavy atom. The van der Waals surface area contributed by atoms with Crippen LogP contribution in [0.3, 0.4) is 0 Å². The van der Waals surface area contributed by atoms with Gasteiger partial charge in [-0.05, 0) is 45.6 Å². The Kier molecular flexibility index (Phi) is 3.50. The van der Waals surface area contributed by atoms with Crippen molar-refractivity contribution in [3.05, 3.63) is 73.0 Å². The number of rotatable bonds is 2. The van der Waals surface area contributed by atoms with Crippen LogP contribution >= 0.6 is 38.6 Å². The Morgan fingerprint density at radius 1 is 1.12 bits per heavy atom. The summed E-state index contributed by atoms with van der Waals surface area (Å²) in [5, 5.41) is 9.18. The first-order valence-electron chi connectivity index (χ1n) is 7.70. The largest absolute Gasteiger partial charge is 0.464 e. The van der Waals surface area contributed by atoms with E-state index in [4.69, 9.17) is 9.84 Å². The van der Waals surface area contributed by atoms with Crippen molar-refractivity contribution in [2.24, 2.45) is 5.10 Å². The van der Waals surface area contributed by atoms with Crippen LogP contribution in [0.5, 0.6) is 5.75 Å². The zero-order chi connectivity index (χ0) is 16.1. The van der Waals surface area contributed by atoms with Gasteiger partial charge >= 0.3 is 0 Å². The van der Waals surface area contributed by atoms with E-state index < -0.39 is 0 Å². The van der Waals surface area contributed by atoms with Crippen LogP contribution in [0.25, 0.3) is 0 Å². The number of hydrazone groups is 1. The lowest BCUT2D eigenvalue weighted by Crippen LogP contribution is -2.33. The number of hydrogen-bond acceptors (Lipinski definition) is 5. The number of ether oxygens (including phenoxy) is 1. The second-order valence-electron chi connectivity index (χ2n) is 5.77. The fourth-order valence-electron chi connectivity index (χ4n) is 3.27. The van der Waals surface area contributed by atoms with Gasteiger partial charge in [-0.2, -0.15) is 5.10 Å². The quantitative estimate of drug-likeness (QED) is 0.525. The maximum absolute atomic E-state index is 6.30. The molecule has 2 aromatic heterocycles. The second-order valence-corrected chi connectivity index (χ2v) is 9.22. The topological polar surface area (TPSA) is 24.8 Å². The van der Waals surface area contributed by atoms with Crippen LogP contribution in [0, 0.1) is 0 Å². The molecule has 2 aliphatic rings. The van der Waals surface area contributed by atoms with Crippen molar-refractivity contribution in [2.45, 2.75) is 18.7 Å². The summed E-state index contributed by atoms with van der Waals surface area (Å²) in [6.45, 7) is 0. The van der Waals surface area contributed by atoms with Gasteiger partial charge in [0.25, 0.3) is 0 Å². The first kappa shape index (κ1) is 14.7. The van der Waals surface area contributed by atoms with Crippen molar-refractivity contribution in [2.75, 3.05) is 0 Å². The molecule has 0 radical (unpaired) electrons. The molecule has 3 nitrogen and oxygen atoms in total. The Morgan fingerprint density at radius 2 is 2.04 bits per heavy atom. The molecular weight excluding hydrogens is 404 g/mol. The maximum atomic E-state index is 6.30. The summed E-state index contributed by atoms with van der Waals surface area (Å²) in [4.78, 5) is 2.41. The highest BCUT2D eigenvalue weighted by Crippen LogP contribution is 2.48. The number of nitrogens with zero attached hydrogens (tertiary/aromatic N) is 2. The fourth-order valence-corrected chi connectivity index (χ4v) is 5.40. The molecule has 0 fully saturated rings. The molecular formula is C18H13BrN2OS2. The molecule has 0 aliphatic carbocycles. The molecule has 0 saturated carbocycles. The lowest BCUT2D eigenvalue weighted by atomic mass is 9.98. The number of para-hydroxylation sites is 1. The summed E-state index contributed by atoms with van der Waals surface area (Å²) in [7, 11) is 0. The molecule has 2 aliphatic heterocycles. The molecule has 6 heteroatoms. The number of fused-ring (bicyclic) bond motifs is 3. The minimum atomic E-state index is -0.147. The van der Waals surface area contributed by atoms with Gasteiger partial charge in [-0.1, -0.05) is 24.3 Å². The fraction of sp³-hybridized carbons (Fsp3) is 0.167.